The molecular weight excluding hydrogens is 364 g/mol. The van der Waals surface area contributed by atoms with Crippen LogP contribution in [-0.4, -0.2) is 54.4 Å². The van der Waals surface area contributed by atoms with Crippen molar-refractivity contribution in [1.29, 1.82) is 0 Å². The first-order valence-corrected chi connectivity index (χ1v) is 9.42. The van der Waals surface area contributed by atoms with Gasteiger partial charge in [-0.25, -0.2) is 0 Å². The van der Waals surface area contributed by atoms with Gasteiger partial charge >= 0.3 is 5.97 Å². The molecule has 1 saturated heterocycles. The van der Waals surface area contributed by atoms with Crippen molar-refractivity contribution in [3.63, 3.8) is 0 Å². The normalized spacial score (nSPS) is 14.8. The minimum atomic E-state index is -0.241. The number of amides is 1. The summed E-state index contributed by atoms with van der Waals surface area (Å²) in [4.78, 5) is 28.3. The lowest BCUT2D eigenvalue weighted by Crippen LogP contribution is -2.50. The van der Waals surface area contributed by atoms with E-state index in [0.29, 0.717) is 37.6 Å². The summed E-state index contributed by atoms with van der Waals surface area (Å²) in [6.45, 7) is 3.07. The molecule has 1 aliphatic heterocycles. The van der Waals surface area contributed by atoms with E-state index in [0.717, 1.165) is 11.1 Å². The Bertz CT molecular complexity index is 774. The predicted molar refractivity (Wildman–Crippen MR) is 104 cm³/mol. The van der Waals surface area contributed by atoms with E-state index in [1.165, 1.54) is 0 Å². The third-order valence-corrected chi connectivity index (χ3v) is 4.99. The van der Waals surface area contributed by atoms with Crippen LogP contribution in [0.4, 0.5) is 0 Å². The minimum absolute atomic E-state index is 0.0643. The van der Waals surface area contributed by atoms with Gasteiger partial charge in [0.05, 0.1) is 13.0 Å². The van der Waals surface area contributed by atoms with Crippen LogP contribution in [0.15, 0.2) is 54.6 Å². The molecule has 1 aliphatic rings. The molecule has 1 amide bonds. The van der Waals surface area contributed by atoms with Gasteiger partial charge in [-0.3, -0.25) is 14.5 Å². The fraction of sp³-hybridized carbons (Fsp3) is 0.333. The van der Waals surface area contributed by atoms with Crippen LogP contribution in [0.2, 0.25) is 5.02 Å². The van der Waals surface area contributed by atoms with Crippen LogP contribution in [0.5, 0.6) is 0 Å². The largest absolute Gasteiger partial charge is 0.460 e. The predicted octanol–water partition coefficient (Wildman–Crippen LogP) is 2.77. The second-order valence-corrected chi connectivity index (χ2v) is 6.98. The summed E-state index contributed by atoms with van der Waals surface area (Å²) in [5.74, 6) is -0.177. The van der Waals surface area contributed by atoms with Crippen LogP contribution < -0.4 is 0 Å². The van der Waals surface area contributed by atoms with Crippen LogP contribution in [0.25, 0.3) is 0 Å². The molecule has 0 aromatic heterocycles. The number of rotatable bonds is 6. The molecule has 3 rings (SSSR count). The number of carbonyl (C=O) groups is 2. The van der Waals surface area contributed by atoms with Gasteiger partial charge in [0, 0.05) is 31.2 Å². The highest BCUT2D eigenvalue weighted by molar-refractivity contribution is 6.31. The number of halogens is 1. The number of benzene rings is 2. The number of esters is 1. The molecule has 2 aromatic rings. The van der Waals surface area contributed by atoms with E-state index in [2.05, 4.69) is 0 Å². The summed E-state index contributed by atoms with van der Waals surface area (Å²) in [6.07, 6.45) is 0.304. The van der Waals surface area contributed by atoms with E-state index in [1.54, 1.807) is 6.07 Å². The molecule has 27 heavy (non-hydrogen) atoms. The number of ether oxygens (including phenoxy) is 1. The van der Waals surface area contributed by atoms with Crippen molar-refractivity contribution in [2.45, 2.75) is 13.0 Å². The molecule has 6 heteroatoms. The van der Waals surface area contributed by atoms with Gasteiger partial charge in [-0.2, -0.15) is 0 Å². The highest BCUT2D eigenvalue weighted by Gasteiger charge is 2.23. The third kappa shape index (κ3) is 5.81. The second-order valence-electron chi connectivity index (χ2n) is 6.57. The molecule has 0 N–H and O–H groups in total. The van der Waals surface area contributed by atoms with Gasteiger partial charge in [0.25, 0.3) is 0 Å². The fourth-order valence-corrected chi connectivity index (χ4v) is 3.24. The SMILES string of the molecule is O=C(CN1CCN(C(=O)Cc2ccccc2Cl)CC1)OCc1ccccc1. The lowest BCUT2D eigenvalue weighted by molar-refractivity contribution is -0.147. The molecule has 1 fully saturated rings. The standard InChI is InChI=1S/C21H23ClN2O3/c22-19-9-5-4-8-18(19)14-20(25)24-12-10-23(11-13-24)15-21(26)27-16-17-6-2-1-3-7-17/h1-9H,10-16H2. The Morgan fingerprint density at radius 2 is 1.59 bits per heavy atom. The Hall–Kier alpha value is -2.37. The van der Waals surface area contributed by atoms with Crippen LogP contribution in [0.1, 0.15) is 11.1 Å². The van der Waals surface area contributed by atoms with Crippen molar-refractivity contribution in [1.82, 2.24) is 9.80 Å². The van der Waals surface area contributed by atoms with Gasteiger partial charge in [-0.1, -0.05) is 60.1 Å². The number of nitrogens with zero attached hydrogens (tertiary/aromatic N) is 2. The monoisotopic (exact) mass is 386 g/mol. The summed E-state index contributed by atoms with van der Waals surface area (Å²) in [5, 5.41) is 0.616. The van der Waals surface area contributed by atoms with Crippen LogP contribution in [0, 0.1) is 0 Å². The highest BCUT2D eigenvalue weighted by atomic mass is 35.5. The molecule has 1 heterocycles. The zero-order valence-electron chi connectivity index (χ0n) is 15.1. The van der Waals surface area contributed by atoms with Crippen molar-refractivity contribution in [3.8, 4) is 0 Å². The summed E-state index contributed by atoms with van der Waals surface area (Å²) in [7, 11) is 0. The molecule has 0 radical (unpaired) electrons. The quantitative estimate of drug-likeness (QED) is 0.716. The molecule has 5 nitrogen and oxygen atoms in total. The van der Waals surface area contributed by atoms with E-state index in [1.807, 2.05) is 58.3 Å². The summed E-state index contributed by atoms with van der Waals surface area (Å²) in [5.41, 5.74) is 1.82. The van der Waals surface area contributed by atoms with Crippen molar-refractivity contribution >= 4 is 23.5 Å². The molecule has 0 bridgehead atoms. The maximum atomic E-state index is 12.5. The van der Waals surface area contributed by atoms with Crippen LogP contribution in [-0.2, 0) is 27.4 Å². The van der Waals surface area contributed by atoms with E-state index < -0.39 is 0 Å². The number of hydrogen-bond acceptors (Lipinski definition) is 4. The fourth-order valence-electron chi connectivity index (χ4n) is 3.04. The van der Waals surface area contributed by atoms with E-state index in [-0.39, 0.29) is 25.0 Å². The lowest BCUT2D eigenvalue weighted by atomic mass is 10.1. The Morgan fingerprint density at radius 3 is 2.30 bits per heavy atom. The number of hydrogen-bond donors (Lipinski definition) is 0. The van der Waals surface area contributed by atoms with Gasteiger partial charge < -0.3 is 9.64 Å². The summed E-state index contributed by atoms with van der Waals surface area (Å²) in [6, 6.07) is 17.0. The Balaban J connectivity index is 1.40. The maximum Gasteiger partial charge on any atom is 0.320 e. The summed E-state index contributed by atoms with van der Waals surface area (Å²) >= 11 is 6.13. The van der Waals surface area contributed by atoms with Gasteiger partial charge in [0.1, 0.15) is 6.61 Å². The Kier molecular flexibility index (Phi) is 6.85. The molecular formula is C21H23ClN2O3. The zero-order valence-corrected chi connectivity index (χ0v) is 15.9. The van der Waals surface area contributed by atoms with Crippen LogP contribution in [0.3, 0.4) is 0 Å². The maximum absolute atomic E-state index is 12.5. The first kappa shape index (κ1) is 19.4. The third-order valence-electron chi connectivity index (χ3n) is 4.62. The van der Waals surface area contributed by atoms with E-state index in [9.17, 15) is 9.59 Å². The minimum Gasteiger partial charge on any atom is -0.460 e. The Labute approximate surface area is 164 Å². The first-order chi connectivity index (χ1) is 13.1. The van der Waals surface area contributed by atoms with E-state index in [4.69, 9.17) is 16.3 Å². The average Bonchev–Trinajstić information content (AvgIpc) is 2.69. The molecule has 0 spiro atoms. The Morgan fingerprint density at radius 1 is 0.926 bits per heavy atom. The van der Waals surface area contributed by atoms with Crippen LogP contribution >= 0.6 is 11.6 Å². The summed E-state index contributed by atoms with van der Waals surface area (Å²) < 4.78 is 5.32. The van der Waals surface area contributed by atoms with E-state index >= 15 is 0 Å². The van der Waals surface area contributed by atoms with Crippen molar-refractivity contribution in [3.05, 3.63) is 70.7 Å². The second kappa shape index (κ2) is 9.53. The lowest BCUT2D eigenvalue weighted by Gasteiger charge is -2.34. The molecule has 0 unspecified atom stereocenters. The van der Waals surface area contributed by atoms with Gasteiger partial charge in [0.15, 0.2) is 0 Å². The van der Waals surface area contributed by atoms with Crippen molar-refractivity contribution in [2.75, 3.05) is 32.7 Å². The molecule has 0 aliphatic carbocycles. The zero-order chi connectivity index (χ0) is 19.1. The average molecular weight is 387 g/mol. The number of carbonyl (C=O) groups excluding carboxylic acids is 2. The van der Waals surface area contributed by atoms with Gasteiger partial charge in [-0.05, 0) is 17.2 Å². The topological polar surface area (TPSA) is 49.9 Å². The smallest absolute Gasteiger partial charge is 0.320 e. The molecule has 142 valence electrons. The number of piperazine rings is 1. The van der Waals surface area contributed by atoms with Crippen molar-refractivity contribution in [2.24, 2.45) is 0 Å². The van der Waals surface area contributed by atoms with Crippen molar-refractivity contribution < 1.29 is 14.3 Å². The highest BCUT2D eigenvalue weighted by Crippen LogP contribution is 2.16. The molecule has 0 saturated carbocycles. The molecule has 2 aromatic carbocycles. The van der Waals surface area contributed by atoms with Gasteiger partial charge in [0.2, 0.25) is 5.91 Å². The molecule has 0 atom stereocenters. The first-order valence-electron chi connectivity index (χ1n) is 9.05. The van der Waals surface area contributed by atoms with Gasteiger partial charge in [-0.15, -0.1) is 0 Å².